The van der Waals surface area contributed by atoms with Crippen molar-refractivity contribution in [3.8, 4) is 11.5 Å². The van der Waals surface area contributed by atoms with Crippen molar-refractivity contribution < 1.29 is 27.4 Å². The molecule has 0 fully saturated rings. The number of hydrogen-bond donors (Lipinski definition) is 1. The Morgan fingerprint density at radius 3 is 2.50 bits per heavy atom. The summed E-state index contributed by atoms with van der Waals surface area (Å²) < 4.78 is 51.0. The maximum absolute atomic E-state index is 13.7. The van der Waals surface area contributed by atoms with Crippen LogP contribution in [-0.4, -0.2) is 19.2 Å². The van der Waals surface area contributed by atoms with Gasteiger partial charge in [-0.05, 0) is 48.0 Å². The summed E-state index contributed by atoms with van der Waals surface area (Å²) in [5.41, 5.74) is 3.29. The molecule has 0 aliphatic rings. The van der Waals surface area contributed by atoms with Crippen molar-refractivity contribution in [1.82, 2.24) is 5.43 Å². The lowest BCUT2D eigenvalue weighted by atomic mass is 10.1. The number of methoxy groups -OCH3 is 1. The molecule has 3 aromatic carbocycles. The van der Waals surface area contributed by atoms with Crippen LogP contribution in [0.4, 0.5) is 13.2 Å². The molecule has 0 spiro atoms. The number of halogens is 3. The van der Waals surface area contributed by atoms with Gasteiger partial charge in [0.15, 0.2) is 11.6 Å². The summed E-state index contributed by atoms with van der Waals surface area (Å²) in [6.07, 6.45) is 1.36. The van der Waals surface area contributed by atoms with E-state index in [-0.39, 0.29) is 17.9 Å². The molecule has 1 N–H and O–H groups in total. The van der Waals surface area contributed by atoms with Gasteiger partial charge in [0.25, 0.3) is 5.91 Å². The molecule has 0 atom stereocenters. The van der Waals surface area contributed by atoms with Crippen LogP contribution in [0.25, 0.3) is 0 Å². The number of nitrogens with zero attached hydrogens (tertiary/aromatic N) is 1. The van der Waals surface area contributed by atoms with E-state index in [0.29, 0.717) is 16.9 Å². The molecule has 0 aliphatic heterocycles. The van der Waals surface area contributed by atoms with Crippen molar-refractivity contribution in [3.63, 3.8) is 0 Å². The Hall–Kier alpha value is -3.81. The van der Waals surface area contributed by atoms with E-state index in [2.05, 4.69) is 10.5 Å². The molecule has 0 aliphatic carbocycles. The number of carbonyl (C=O) groups is 1. The predicted molar refractivity (Wildman–Crippen MR) is 105 cm³/mol. The van der Waals surface area contributed by atoms with Crippen molar-refractivity contribution in [2.45, 2.75) is 6.61 Å². The molecule has 0 heterocycles. The molecule has 0 saturated carbocycles. The largest absolute Gasteiger partial charge is 0.496 e. The minimum atomic E-state index is -0.817. The van der Waals surface area contributed by atoms with Crippen molar-refractivity contribution in [2.24, 2.45) is 5.10 Å². The molecule has 0 unspecified atom stereocenters. The number of hydrogen-bond acceptors (Lipinski definition) is 4. The first-order valence-electron chi connectivity index (χ1n) is 8.80. The highest BCUT2D eigenvalue weighted by Crippen LogP contribution is 2.23. The molecule has 5 nitrogen and oxygen atoms in total. The van der Waals surface area contributed by atoms with Crippen LogP contribution in [-0.2, 0) is 6.61 Å². The number of nitrogens with one attached hydrogen (secondary N) is 1. The van der Waals surface area contributed by atoms with Gasteiger partial charge in [-0.1, -0.05) is 12.1 Å². The van der Waals surface area contributed by atoms with E-state index in [0.717, 1.165) is 12.1 Å². The Bertz CT molecular complexity index is 1090. The maximum atomic E-state index is 13.7. The second-order valence-electron chi connectivity index (χ2n) is 6.11. The highest BCUT2D eigenvalue weighted by atomic mass is 19.1. The van der Waals surface area contributed by atoms with Gasteiger partial charge in [0.2, 0.25) is 0 Å². The third-order valence-corrected chi connectivity index (χ3v) is 4.08. The lowest BCUT2D eigenvalue weighted by Crippen LogP contribution is -2.18. The van der Waals surface area contributed by atoms with Gasteiger partial charge in [-0.2, -0.15) is 5.10 Å². The third-order valence-electron chi connectivity index (χ3n) is 4.08. The van der Waals surface area contributed by atoms with Gasteiger partial charge in [0.1, 0.15) is 24.0 Å². The van der Waals surface area contributed by atoms with E-state index in [4.69, 9.17) is 9.47 Å². The van der Waals surface area contributed by atoms with Crippen LogP contribution in [0.15, 0.2) is 65.8 Å². The van der Waals surface area contributed by atoms with Crippen molar-refractivity contribution in [2.75, 3.05) is 7.11 Å². The fraction of sp³-hybridized carbons (Fsp3) is 0.0909. The van der Waals surface area contributed by atoms with Gasteiger partial charge >= 0.3 is 0 Å². The second-order valence-corrected chi connectivity index (χ2v) is 6.11. The fourth-order valence-electron chi connectivity index (χ4n) is 2.61. The van der Waals surface area contributed by atoms with E-state index >= 15 is 0 Å². The van der Waals surface area contributed by atoms with Crippen molar-refractivity contribution >= 4 is 12.1 Å². The van der Waals surface area contributed by atoms with Crippen LogP contribution in [0.5, 0.6) is 11.5 Å². The third kappa shape index (κ3) is 5.16. The number of benzene rings is 3. The summed E-state index contributed by atoms with van der Waals surface area (Å²) in [5.74, 6) is -2.47. The Morgan fingerprint density at radius 1 is 1.00 bits per heavy atom. The van der Waals surface area contributed by atoms with Crippen LogP contribution >= 0.6 is 0 Å². The van der Waals surface area contributed by atoms with Gasteiger partial charge in [-0.3, -0.25) is 4.79 Å². The molecule has 1 amide bonds. The fourth-order valence-corrected chi connectivity index (χ4v) is 2.61. The van der Waals surface area contributed by atoms with E-state index in [1.165, 1.54) is 37.6 Å². The van der Waals surface area contributed by atoms with E-state index in [1.54, 1.807) is 24.3 Å². The SMILES string of the molecule is COc1ccc(/C=N/NC(=O)c2ccccc2F)cc1COc1ccc(F)cc1F. The highest BCUT2D eigenvalue weighted by molar-refractivity contribution is 5.95. The molecule has 0 aromatic heterocycles. The Morgan fingerprint density at radius 2 is 1.77 bits per heavy atom. The van der Waals surface area contributed by atoms with E-state index in [9.17, 15) is 18.0 Å². The second kappa shape index (κ2) is 9.60. The minimum Gasteiger partial charge on any atom is -0.496 e. The van der Waals surface area contributed by atoms with Crippen LogP contribution in [0.3, 0.4) is 0 Å². The zero-order valence-corrected chi connectivity index (χ0v) is 15.9. The Balaban J connectivity index is 1.70. The highest BCUT2D eigenvalue weighted by Gasteiger charge is 2.10. The molecule has 3 aromatic rings. The van der Waals surface area contributed by atoms with E-state index in [1.807, 2.05) is 0 Å². The molecule has 154 valence electrons. The van der Waals surface area contributed by atoms with Gasteiger partial charge < -0.3 is 9.47 Å². The maximum Gasteiger partial charge on any atom is 0.274 e. The summed E-state index contributed by atoms with van der Waals surface area (Å²) in [6.45, 7) is -0.0466. The van der Waals surface area contributed by atoms with Crippen LogP contribution in [0.2, 0.25) is 0 Å². The van der Waals surface area contributed by atoms with Crippen LogP contribution in [0, 0.1) is 17.5 Å². The average Bonchev–Trinajstić information content (AvgIpc) is 2.73. The number of rotatable bonds is 7. The first-order valence-corrected chi connectivity index (χ1v) is 8.80. The Kier molecular flexibility index (Phi) is 6.69. The molecular formula is C22H17F3N2O3. The van der Waals surface area contributed by atoms with E-state index < -0.39 is 23.4 Å². The standard InChI is InChI=1S/C22H17F3N2O3/c1-29-20-8-6-14(12-26-27-22(28)17-4-2-3-5-18(17)24)10-15(20)13-30-21-9-7-16(23)11-19(21)25/h2-12H,13H2,1H3,(H,27,28)/b26-12+. The monoisotopic (exact) mass is 414 g/mol. The number of amides is 1. The summed E-state index contributed by atoms with van der Waals surface area (Å²) >= 11 is 0. The zero-order chi connectivity index (χ0) is 21.5. The van der Waals surface area contributed by atoms with Crippen molar-refractivity contribution in [1.29, 1.82) is 0 Å². The number of hydrazone groups is 1. The Labute approximate surface area is 170 Å². The molecule has 0 radical (unpaired) electrons. The van der Waals surface area contributed by atoms with Gasteiger partial charge in [-0.15, -0.1) is 0 Å². The number of ether oxygens (including phenoxy) is 2. The lowest BCUT2D eigenvalue weighted by Gasteiger charge is -2.11. The minimum absolute atomic E-state index is 0.0466. The van der Waals surface area contributed by atoms with Crippen molar-refractivity contribution in [3.05, 3.63) is 94.8 Å². The number of carbonyl (C=O) groups excluding carboxylic acids is 1. The van der Waals surface area contributed by atoms with Crippen LogP contribution < -0.4 is 14.9 Å². The zero-order valence-electron chi connectivity index (χ0n) is 15.9. The molecule has 30 heavy (non-hydrogen) atoms. The lowest BCUT2D eigenvalue weighted by molar-refractivity contribution is 0.0951. The van der Waals surface area contributed by atoms with Gasteiger partial charge in [0.05, 0.1) is 18.9 Å². The predicted octanol–water partition coefficient (Wildman–Crippen LogP) is 4.46. The molecular weight excluding hydrogens is 397 g/mol. The quantitative estimate of drug-likeness (QED) is 0.459. The topological polar surface area (TPSA) is 59.9 Å². The summed E-state index contributed by atoms with van der Waals surface area (Å²) in [5, 5.41) is 3.82. The molecule has 0 bridgehead atoms. The van der Waals surface area contributed by atoms with Crippen LogP contribution in [0.1, 0.15) is 21.5 Å². The average molecular weight is 414 g/mol. The normalized spacial score (nSPS) is 10.8. The van der Waals surface area contributed by atoms with Gasteiger partial charge in [-0.25, -0.2) is 18.6 Å². The smallest absolute Gasteiger partial charge is 0.274 e. The summed E-state index contributed by atoms with van der Waals surface area (Å²) in [4.78, 5) is 12.0. The molecule has 3 rings (SSSR count). The first kappa shape index (κ1) is 20.9. The van der Waals surface area contributed by atoms with Gasteiger partial charge in [0, 0.05) is 11.6 Å². The first-order chi connectivity index (χ1) is 14.5. The molecule has 0 saturated heterocycles. The summed E-state index contributed by atoms with van der Waals surface area (Å²) in [6, 6.07) is 13.6. The molecule has 8 heteroatoms. The summed E-state index contributed by atoms with van der Waals surface area (Å²) in [7, 11) is 1.47.